The normalized spacial score (nSPS) is 13.9. The van der Waals surface area contributed by atoms with E-state index in [9.17, 15) is 18.3 Å². The van der Waals surface area contributed by atoms with Gasteiger partial charge in [-0.25, -0.2) is 0 Å². The molecule has 1 nitrogen and oxygen atoms in total. The quantitative estimate of drug-likeness (QED) is 0.851. The van der Waals surface area contributed by atoms with Gasteiger partial charge in [0.2, 0.25) is 0 Å². The molecular weight excluding hydrogens is 229 g/mol. The summed E-state index contributed by atoms with van der Waals surface area (Å²) in [6.07, 6.45) is -6.70. The van der Waals surface area contributed by atoms with Crippen LogP contribution < -0.4 is 0 Å². The molecule has 0 bridgehead atoms. The van der Waals surface area contributed by atoms with Gasteiger partial charge in [0.05, 0.1) is 6.10 Å². The number of hydrogen-bond acceptors (Lipinski definition) is 1. The summed E-state index contributed by atoms with van der Waals surface area (Å²) in [5, 5.41) is 9.85. The Morgan fingerprint density at radius 2 is 2.00 bits per heavy atom. The molecule has 1 rings (SSSR count). The van der Waals surface area contributed by atoms with E-state index in [0.29, 0.717) is 10.6 Å². The molecule has 1 aromatic carbocycles. The van der Waals surface area contributed by atoms with Crippen molar-refractivity contribution in [3.05, 3.63) is 34.9 Å². The van der Waals surface area contributed by atoms with Gasteiger partial charge in [0, 0.05) is 11.4 Å². The SMILES string of the molecule is OC(CCC(F)(F)F)c1cccc(Cl)c1. The predicted molar refractivity (Wildman–Crippen MR) is 51.7 cm³/mol. The van der Waals surface area contributed by atoms with Crippen LogP contribution >= 0.6 is 11.6 Å². The van der Waals surface area contributed by atoms with Gasteiger partial charge < -0.3 is 5.11 Å². The van der Waals surface area contributed by atoms with Crippen molar-refractivity contribution in [3.63, 3.8) is 0 Å². The molecule has 5 heteroatoms. The van der Waals surface area contributed by atoms with Crippen LogP contribution in [0.4, 0.5) is 13.2 Å². The first-order valence-corrected chi connectivity index (χ1v) is 4.76. The van der Waals surface area contributed by atoms with Gasteiger partial charge in [-0.15, -0.1) is 0 Å². The molecule has 0 fully saturated rings. The molecule has 1 N–H and O–H groups in total. The summed E-state index contributed by atoms with van der Waals surface area (Å²) >= 11 is 5.65. The van der Waals surface area contributed by atoms with E-state index in [-0.39, 0.29) is 6.42 Å². The molecule has 0 saturated heterocycles. The maximum absolute atomic E-state index is 11.9. The number of halogens is 4. The molecular formula is C10H10ClF3O. The van der Waals surface area contributed by atoms with Gasteiger partial charge in [0.25, 0.3) is 0 Å². The summed E-state index contributed by atoms with van der Waals surface area (Å²) in [7, 11) is 0. The van der Waals surface area contributed by atoms with E-state index in [1.807, 2.05) is 0 Å². The average molecular weight is 239 g/mol. The minimum absolute atomic E-state index is 0.343. The van der Waals surface area contributed by atoms with E-state index in [1.165, 1.54) is 6.07 Å². The molecule has 84 valence electrons. The zero-order valence-corrected chi connectivity index (χ0v) is 8.52. The van der Waals surface area contributed by atoms with Crippen LogP contribution in [0.15, 0.2) is 24.3 Å². The standard InChI is InChI=1S/C10H10ClF3O/c11-8-3-1-2-7(6-8)9(15)4-5-10(12,13)14/h1-3,6,9,15H,4-5H2. The molecule has 0 aliphatic heterocycles. The summed E-state index contributed by atoms with van der Waals surface area (Å²) in [5.41, 5.74) is 0.409. The van der Waals surface area contributed by atoms with Crippen LogP contribution in [0, 0.1) is 0 Å². The molecule has 1 atom stereocenters. The van der Waals surface area contributed by atoms with E-state index in [1.54, 1.807) is 18.2 Å². The number of rotatable bonds is 3. The molecule has 0 saturated carbocycles. The lowest BCUT2D eigenvalue weighted by atomic mass is 10.1. The zero-order valence-electron chi connectivity index (χ0n) is 7.76. The molecule has 0 aromatic heterocycles. The molecule has 0 amide bonds. The Labute approximate surface area is 90.5 Å². The van der Waals surface area contributed by atoms with E-state index >= 15 is 0 Å². The van der Waals surface area contributed by atoms with Crippen molar-refractivity contribution in [2.75, 3.05) is 0 Å². The van der Waals surface area contributed by atoms with Crippen LogP contribution in [0.3, 0.4) is 0 Å². The Morgan fingerprint density at radius 3 is 2.53 bits per heavy atom. The number of benzene rings is 1. The smallest absolute Gasteiger partial charge is 0.388 e. The van der Waals surface area contributed by atoms with Crippen molar-refractivity contribution < 1.29 is 18.3 Å². The fourth-order valence-electron chi connectivity index (χ4n) is 1.18. The van der Waals surface area contributed by atoms with E-state index < -0.39 is 18.7 Å². The first kappa shape index (κ1) is 12.3. The van der Waals surface area contributed by atoms with E-state index in [4.69, 9.17) is 11.6 Å². The van der Waals surface area contributed by atoms with Crippen LogP contribution in [0.25, 0.3) is 0 Å². The van der Waals surface area contributed by atoms with Crippen molar-refractivity contribution in [1.82, 2.24) is 0 Å². The van der Waals surface area contributed by atoms with Crippen molar-refractivity contribution >= 4 is 11.6 Å². The van der Waals surface area contributed by atoms with Crippen LogP contribution in [0.1, 0.15) is 24.5 Å². The van der Waals surface area contributed by atoms with Gasteiger partial charge in [-0.1, -0.05) is 23.7 Å². The third-order valence-corrected chi connectivity index (χ3v) is 2.17. The lowest BCUT2D eigenvalue weighted by Gasteiger charge is -2.12. The summed E-state index contributed by atoms with van der Waals surface area (Å²) < 4.78 is 35.6. The van der Waals surface area contributed by atoms with E-state index in [0.717, 1.165) is 0 Å². The van der Waals surface area contributed by atoms with Crippen LogP contribution in [-0.2, 0) is 0 Å². The molecule has 0 heterocycles. The zero-order chi connectivity index (χ0) is 11.5. The summed E-state index contributed by atoms with van der Waals surface area (Å²) in [4.78, 5) is 0. The molecule has 1 aromatic rings. The number of aliphatic hydroxyl groups excluding tert-OH is 1. The molecule has 0 spiro atoms. The molecule has 1 unspecified atom stereocenters. The molecule has 0 aliphatic rings. The molecule has 15 heavy (non-hydrogen) atoms. The van der Waals surface area contributed by atoms with E-state index in [2.05, 4.69) is 0 Å². The van der Waals surface area contributed by atoms with Crippen LogP contribution in [0.2, 0.25) is 5.02 Å². The average Bonchev–Trinajstić information content (AvgIpc) is 2.13. The maximum atomic E-state index is 11.9. The molecule has 0 radical (unpaired) electrons. The lowest BCUT2D eigenvalue weighted by Crippen LogP contribution is -2.10. The Morgan fingerprint density at radius 1 is 1.33 bits per heavy atom. The topological polar surface area (TPSA) is 20.2 Å². The number of alkyl halides is 3. The monoisotopic (exact) mass is 238 g/mol. The van der Waals surface area contributed by atoms with Gasteiger partial charge in [-0.2, -0.15) is 13.2 Å². The van der Waals surface area contributed by atoms with Crippen LogP contribution in [0.5, 0.6) is 0 Å². The molecule has 0 aliphatic carbocycles. The fourth-order valence-corrected chi connectivity index (χ4v) is 1.38. The first-order chi connectivity index (χ1) is 6.88. The minimum Gasteiger partial charge on any atom is -0.388 e. The highest BCUT2D eigenvalue weighted by Gasteiger charge is 2.28. The van der Waals surface area contributed by atoms with Crippen molar-refractivity contribution in [2.24, 2.45) is 0 Å². The van der Waals surface area contributed by atoms with Gasteiger partial charge in [-0.3, -0.25) is 0 Å². The second-order valence-corrected chi connectivity index (χ2v) is 3.66. The second-order valence-electron chi connectivity index (χ2n) is 3.22. The summed E-state index contributed by atoms with van der Waals surface area (Å²) in [6.45, 7) is 0. The largest absolute Gasteiger partial charge is 0.389 e. The summed E-state index contributed by atoms with van der Waals surface area (Å²) in [5.74, 6) is 0. The van der Waals surface area contributed by atoms with Crippen molar-refractivity contribution in [2.45, 2.75) is 25.1 Å². The minimum atomic E-state index is -4.24. The van der Waals surface area contributed by atoms with Gasteiger partial charge in [0.1, 0.15) is 0 Å². The van der Waals surface area contributed by atoms with Gasteiger partial charge >= 0.3 is 6.18 Å². The van der Waals surface area contributed by atoms with Gasteiger partial charge in [-0.05, 0) is 24.1 Å². The Balaban J connectivity index is 2.58. The lowest BCUT2D eigenvalue weighted by molar-refractivity contribution is -0.140. The third-order valence-electron chi connectivity index (χ3n) is 1.93. The number of aliphatic hydroxyl groups is 1. The maximum Gasteiger partial charge on any atom is 0.389 e. The third kappa shape index (κ3) is 4.53. The second kappa shape index (κ2) is 4.86. The predicted octanol–water partition coefficient (Wildman–Crippen LogP) is 3.72. The first-order valence-electron chi connectivity index (χ1n) is 4.39. The van der Waals surface area contributed by atoms with Crippen molar-refractivity contribution in [3.8, 4) is 0 Å². The van der Waals surface area contributed by atoms with Crippen molar-refractivity contribution in [1.29, 1.82) is 0 Å². The fraction of sp³-hybridized carbons (Fsp3) is 0.400. The Hall–Kier alpha value is -0.740. The number of hydrogen-bond donors (Lipinski definition) is 1. The summed E-state index contributed by atoms with van der Waals surface area (Å²) in [6, 6.07) is 6.20. The van der Waals surface area contributed by atoms with Crippen LogP contribution in [-0.4, -0.2) is 11.3 Å². The Bertz CT molecular complexity index is 325. The highest BCUT2D eigenvalue weighted by molar-refractivity contribution is 6.30. The highest BCUT2D eigenvalue weighted by Crippen LogP contribution is 2.28. The Kier molecular flexibility index (Phi) is 3.99. The highest BCUT2D eigenvalue weighted by atomic mass is 35.5. The van der Waals surface area contributed by atoms with Gasteiger partial charge in [0.15, 0.2) is 0 Å².